The molecular weight excluding hydrogens is 204 g/mol. The van der Waals surface area contributed by atoms with Gasteiger partial charge in [-0.2, -0.15) is 5.10 Å². The van der Waals surface area contributed by atoms with Gasteiger partial charge in [-0.25, -0.2) is 0 Å². The van der Waals surface area contributed by atoms with Crippen molar-refractivity contribution in [3.63, 3.8) is 0 Å². The van der Waals surface area contributed by atoms with Crippen molar-refractivity contribution in [1.29, 1.82) is 0 Å². The minimum Gasteiger partial charge on any atom is -0.390 e. The number of rotatable bonds is 3. The Bertz CT molecular complexity index is 362. The second-order valence-corrected chi connectivity index (χ2v) is 4.73. The van der Waals surface area contributed by atoms with Crippen LogP contribution in [0.2, 0.25) is 0 Å². The number of hydrogen-bond donors (Lipinski definition) is 1. The molecule has 1 aromatic rings. The Labute approximate surface area is 96.2 Å². The van der Waals surface area contributed by atoms with E-state index in [2.05, 4.69) is 12.0 Å². The van der Waals surface area contributed by atoms with E-state index in [4.69, 9.17) is 4.74 Å². The van der Waals surface area contributed by atoms with E-state index in [1.165, 1.54) is 0 Å². The van der Waals surface area contributed by atoms with Crippen molar-refractivity contribution in [3.05, 3.63) is 17.5 Å². The lowest BCUT2D eigenvalue weighted by Gasteiger charge is -2.18. The minimum atomic E-state index is -0.417. The van der Waals surface area contributed by atoms with Crippen LogP contribution in [0.5, 0.6) is 0 Å². The molecule has 0 aromatic carbocycles. The van der Waals surface area contributed by atoms with Crippen LogP contribution in [0.4, 0.5) is 0 Å². The van der Waals surface area contributed by atoms with Gasteiger partial charge >= 0.3 is 0 Å². The first-order chi connectivity index (χ1) is 7.56. The number of nitrogens with zero attached hydrogens (tertiary/aromatic N) is 2. The van der Waals surface area contributed by atoms with Crippen molar-refractivity contribution in [2.45, 2.75) is 51.4 Å². The normalized spacial score (nSPS) is 27.2. The summed E-state index contributed by atoms with van der Waals surface area (Å²) < 4.78 is 7.49. The summed E-state index contributed by atoms with van der Waals surface area (Å²) in [5.41, 5.74) is 2.05. The summed E-state index contributed by atoms with van der Waals surface area (Å²) in [5, 5.41) is 14.4. The molecule has 0 spiro atoms. The Morgan fingerprint density at radius 2 is 2.38 bits per heavy atom. The van der Waals surface area contributed by atoms with Crippen molar-refractivity contribution in [2.24, 2.45) is 7.05 Å². The summed E-state index contributed by atoms with van der Waals surface area (Å²) in [6.07, 6.45) is 2.48. The van der Waals surface area contributed by atoms with Crippen LogP contribution in [-0.2, 0) is 18.2 Å². The van der Waals surface area contributed by atoms with Crippen molar-refractivity contribution >= 4 is 0 Å². The summed E-state index contributed by atoms with van der Waals surface area (Å²) in [5.74, 6) is 0. The largest absolute Gasteiger partial charge is 0.390 e. The molecule has 1 N–H and O–H groups in total. The Balaban J connectivity index is 1.96. The number of hydrogen-bond acceptors (Lipinski definition) is 3. The Morgan fingerprint density at radius 1 is 1.62 bits per heavy atom. The topological polar surface area (TPSA) is 47.3 Å². The van der Waals surface area contributed by atoms with Gasteiger partial charge in [0.25, 0.3) is 0 Å². The number of aliphatic hydroxyl groups is 1. The first-order valence-corrected chi connectivity index (χ1v) is 5.89. The molecule has 1 aliphatic rings. The number of aromatic nitrogens is 2. The van der Waals surface area contributed by atoms with Gasteiger partial charge in [-0.1, -0.05) is 0 Å². The molecule has 90 valence electrons. The smallest absolute Gasteiger partial charge is 0.0857 e. The lowest BCUT2D eigenvalue weighted by Crippen LogP contribution is -2.28. The summed E-state index contributed by atoms with van der Waals surface area (Å²) in [7, 11) is 1.91. The van der Waals surface area contributed by atoms with Crippen LogP contribution < -0.4 is 0 Å². The third-order valence-electron chi connectivity index (χ3n) is 3.21. The standard InChI is InChI=1S/C12H20N2O2/c1-8-6-10(14(3)13-8)7-11(15)12-5-4-9(2)16-12/h6,9,11-12,15H,4-5,7H2,1-3H3. The number of aliphatic hydroxyl groups excluding tert-OH is 1. The van der Waals surface area contributed by atoms with Crippen LogP contribution in [0, 0.1) is 6.92 Å². The van der Waals surface area contributed by atoms with E-state index in [1.807, 2.05) is 24.7 Å². The molecule has 3 unspecified atom stereocenters. The summed E-state index contributed by atoms with van der Waals surface area (Å²) in [6, 6.07) is 2.02. The Kier molecular flexibility index (Phi) is 3.30. The molecule has 2 rings (SSSR count). The molecule has 4 nitrogen and oxygen atoms in total. The molecule has 0 aliphatic carbocycles. The third-order valence-corrected chi connectivity index (χ3v) is 3.21. The summed E-state index contributed by atoms with van der Waals surface area (Å²) >= 11 is 0. The molecule has 1 aliphatic heterocycles. The molecular formula is C12H20N2O2. The number of aryl methyl sites for hydroxylation is 2. The monoisotopic (exact) mass is 224 g/mol. The average molecular weight is 224 g/mol. The van der Waals surface area contributed by atoms with E-state index < -0.39 is 6.10 Å². The van der Waals surface area contributed by atoms with Crippen LogP contribution in [-0.4, -0.2) is 33.2 Å². The lowest BCUT2D eigenvalue weighted by molar-refractivity contribution is -0.0284. The fourth-order valence-electron chi connectivity index (χ4n) is 2.32. The first kappa shape index (κ1) is 11.6. The van der Waals surface area contributed by atoms with E-state index in [0.717, 1.165) is 24.2 Å². The zero-order valence-corrected chi connectivity index (χ0v) is 10.2. The first-order valence-electron chi connectivity index (χ1n) is 5.89. The molecule has 4 heteroatoms. The molecule has 0 bridgehead atoms. The van der Waals surface area contributed by atoms with Gasteiger partial charge in [-0.15, -0.1) is 0 Å². The minimum absolute atomic E-state index is 0.00907. The van der Waals surface area contributed by atoms with E-state index >= 15 is 0 Å². The predicted octanol–water partition coefficient (Wildman–Crippen LogP) is 1.20. The molecule has 1 saturated heterocycles. The predicted molar refractivity (Wildman–Crippen MR) is 61.2 cm³/mol. The SMILES string of the molecule is Cc1cc(CC(O)C2CCC(C)O2)n(C)n1. The highest BCUT2D eigenvalue weighted by Crippen LogP contribution is 2.23. The molecule has 2 heterocycles. The van der Waals surface area contributed by atoms with Gasteiger partial charge in [0.1, 0.15) is 0 Å². The van der Waals surface area contributed by atoms with Gasteiger partial charge in [-0.05, 0) is 32.8 Å². The zero-order chi connectivity index (χ0) is 11.7. The molecule has 0 amide bonds. The molecule has 16 heavy (non-hydrogen) atoms. The second kappa shape index (κ2) is 4.55. The molecule has 0 saturated carbocycles. The lowest BCUT2D eigenvalue weighted by atomic mass is 10.1. The van der Waals surface area contributed by atoms with Crippen molar-refractivity contribution in [3.8, 4) is 0 Å². The fourth-order valence-corrected chi connectivity index (χ4v) is 2.32. The molecule has 1 aromatic heterocycles. The quantitative estimate of drug-likeness (QED) is 0.839. The summed E-state index contributed by atoms with van der Waals surface area (Å²) in [6.45, 7) is 4.02. The van der Waals surface area contributed by atoms with Crippen LogP contribution in [0.3, 0.4) is 0 Å². The van der Waals surface area contributed by atoms with Gasteiger partial charge in [0.15, 0.2) is 0 Å². The Hall–Kier alpha value is -0.870. The maximum Gasteiger partial charge on any atom is 0.0857 e. The third kappa shape index (κ3) is 2.44. The van der Waals surface area contributed by atoms with E-state index in [1.54, 1.807) is 0 Å². The maximum atomic E-state index is 10.1. The zero-order valence-electron chi connectivity index (χ0n) is 10.2. The highest BCUT2D eigenvalue weighted by Gasteiger charge is 2.28. The number of ether oxygens (including phenoxy) is 1. The van der Waals surface area contributed by atoms with Crippen molar-refractivity contribution in [1.82, 2.24) is 9.78 Å². The second-order valence-electron chi connectivity index (χ2n) is 4.73. The average Bonchev–Trinajstić information content (AvgIpc) is 2.74. The van der Waals surface area contributed by atoms with Gasteiger partial charge < -0.3 is 9.84 Å². The fraction of sp³-hybridized carbons (Fsp3) is 0.750. The maximum absolute atomic E-state index is 10.1. The van der Waals surface area contributed by atoms with Crippen molar-refractivity contribution < 1.29 is 9.84 Å². The molecule has 3 atom stereocenters. The highest BCUT2D eigenvalue weighted by molar-refractivity contribution is 5.10. The van der Waals surface area contributed by atoms with E-state index in [9.17, 15) is 5.11 Å². The van der Waals surface area contributed by atoms with E-state index in [-0.39, 0.29) is 12.2 Å². The Morgan fingerprint density at radius 3 is 2.88 bits per heavy atom. The van der Waals surface area contributed by atoms with Crippen LogP contribution >= 0.6 is 0 Å². The van der Waals surface area contributed by atoms with Gasteiger partial charge in [-0.3, -0.25) is 4.68 Å². The van der Waals surface area contributed by atoms with E-state index in [0.29, 0.717) is 6.42 Å². The van der Waals surface area contributed by atoms with Gasteiger partial charge in [0.2, 0.25) is 0 Å². The van der Waals surface area contributed by atoms with Gasteiger partial charge in [0, 0.05) is 19.2 Å². The van der Waals surface area contributed by atoms with Crippen LogP contribution in [0.1, 0.15) is 31.2 Å². The highest BCUT2D eigenvalue weighted by atomic mass is 16.5. The molecule has 0 radical (unpaired) electrons. The summed E-state index contributed by atoms with van der Waals surface area (Å²) in [4.78, 5) is 0. The van der Waals surface area contributed by atoms with Crippen LogP contribution in [0.25, 0.3) is 0 Å². The van der Waals surface area contributed by atoms with Crippen LogP contribution in [0.15, 0.2) is 6.07 Å². The molecule has 1 fully saturated rings. The van der Waals surface area contributed by atoms with Crippen molar-refractivity contribution in [2.75, 3.05) is 0 Å². The van der Waals surface area contributed by atoms with Gasteiger partial charge in [0.05, 0.1) is 24.0 Å².